The highest BCUT2D eigenvalue weighted by molar-refractivity contribution is 6.35. The summed E-state index contributed by atoms with van der Waals surface area (Å²) in [5.74, 6) is -0.105. The number of amides is 1. The number of carbonyl (C=O) groups is 1. The molecule has 26 heavy (non-hydrogen) atoms. The van der Waals surface area contributed by atoms with E-state index in [1.807, 2.05) is 55.4 Å². The Labute approximate surface area is 176 Å². The van der Waals surface area contributed by atoms with Gasteiger partial charge in [0.15, 0.2) is 0 Å². The molecule has 0 saturated carbocycles. The smallest absolute Gasteiger partial charge is 0.253 e. The highest BCUT2D eigenvalue weighted by Gasteiger charge is 2.12. The van der Waals surface area contributed by atoms with E-state index in [-0.39, 0.29) is 43.1 Å². The summed E-state index contributed by atoms with van der Waals surface area (Å²) in [5, 5.41) is 5.40. The van der Waals surface area contributed by atoms with Crippen LogP contribution >= 0.6 is 48.8 Å². The zero-order chi connectivity index (χ0) is 16.4. The van der Waals surface area contributed by atoms with E-state index in [4.69, 9.17) is 11.6 Å². The highest BCUT2D eigenvalue weighted by Crippen LogP contribution is 2.27. The van der Waals surface area contributed by atoms with Crippen LogP contribution in [0.4, 0.5) is 0 Å². The third kappa shape index (κ3) is 5.35. The molecule has 0 radical (unpaired) electrons. The second-order valence-electron chi connectivity index (χ2n) is 5.73. The fraction of sp³-hybridized carbons (Fsp3) is 0.222. The minimum Gasteiger partial charge on any atom is -0.351 e. The third-order valence-corrected chi connectivity index (χ3v) is 4.05. The van der Waals surface area contributed by atoms with Crippen molar-refractivity contribution in [1.29, 1.82) is 0 Å². The first-order chi connectivity index (χ1) is 11.1. The van der Waals surface area contributed by atoms with Gasteiger partial charge in [0, 0.05) is 28.9 Å². The molecule has 1 N–H and O–H groups in total. The predicted molar refractivity (Wildman–Crippen MR) is 117 cm³/mol. The topological polar surface area (TPSA) is 45.2 Å². The molecule has 0 fully saturated rings. The first-order valence-corrected chi connectivity index (χ1v) is 7.85. The van der Waals surface area contributed by atoms with Crippen molar-refractivity contribution in [2.24, 2.45) is 0 Å². The maximum Gasteiger partial charge on any atom is 0.253 e. The summed E-state index contributed by atoms with van der Waals surface area (Å²) < 4.78 is 0. The van der Waals surface area contributed by atoms with Crippen molar-refractivity contribution in [3.05, 3.63) is 53.1 Å². The lowest BCUT2D eigenvalue weighted by Crippen LogP contribution is -2.31. The van der Waals surface area contributed by atoms with Crippen LogP contribution in [-0.2, 0) is 0 Å². The molecule has 0 spiro atoms. The third-order valence-electron chi connectivity index (χ3n) is 3.72. The van der Waals surface area contributed by atoms with Gasteiger partial charge in [-0.25, -0.2) is 4.98 Å². The summed E-state index contributed by atoms with van der Waals surface area (Å²) in [4.78, 5) is 19.1. The van der Waals surface area contributed by atoms with Gasteiger partial charge in [0.2, 0.25) is 0 Å². The molecule has 1 amide bonds. The number of nitrogens with zero attached hydrogens (tertiary/aromatic N) is 2. The van der Waals surface area contributed by atoms with Crippen LogP contribution in [0.15, 0.2) is 42.5 Å². The Kier molecular flexibility index (Phi) is 10.2. The molecule has 142 valence electrons. The molecule has 4 nitrogen and oxygen atoms in total. The number of rotatable bonds is 4. The van der Waals surface area contributed by atoms with Crippen molar-refractivity contribution in [3.8, 4) is 0 Å². The summed E-state index contributed by atoms with van der Waals surface area (Å²) in [7, 11) is 3.95. The molecule has 0 aliphatic rings. The van der Waals surface area contributed by atoms with E-state index in [0.717, 1.165) is 22.8 Å². The van der Waals surface area contributed by atoms with E-state index < -0.39 is 0 Å². The van der Waals surface area contributed by atoms with Gasteiger partial charge >= 0.3 is 0 Å². The Bertz CT molecular complexity index is 887. The van der Waals surface area contributed by atoms with Gasteiger partial charge in [0.25, 0.3) is 5.91 Å². The van der Waals surface area contributed by atoms with Crippen molar-refractivity contribution in [3.63, 3.8) is 0 Å². The molecule has 8 heteroatoms. The van der Waals surface area contributed by atoms with Gasteiger partial charge < -0.3 is 10.2 Å². The summed E-state index contributed by atoms with van der Waals surface area (Å²) in [6.45, 7) is 1.39. The van der Waals surface area contributed by atoms with Crippen LogP contribution in [-0.4, -0.2) is 43.0 Å². The molecular formula is C18H21Cl4N3O. The van der Waals surface area contributed by atoms with Crippen LogP contribution in [0.2, 0.25) is 5.02 Å². The largest absolute Gasteiger partial charge is 0.351 e. The van der Waals surface area contributed by atoms with Crippen LogP contribution in [0.25, 0.3) is 21.8 Å². The number of likely N-dealkylation sites (N-methyl/N-ethyl adjacent to an activating group) is 1. The van der Waals surface area contributed by atoms with Crippen molar-refractivity contribution < 1.29 is 4.79 Å². The van der Waals surface area contributed by atoms with E-state index >= 15 is 0 Å². The summed E-state index contributed by atoms with van der Waals surface area (Å²) in [5.41, 5.74) is 2.08. The second-order valence-corrected chi connectivity index (χ2v) is 6.14. The lowest BCUT2D eigenvalue weighted by Gasteiger charge is -2.11. The van der Waals surface area contributed by atoms with E-state index in [0.29, 0.717) is 22.6 Å². The van der Waals surface area contributed by atoms with Crippen molar-refractivity contribution in [1.82, 2.24) is 15.2 Å². The van der Waals surface area contributed by atoms with Crippen LogP contribution in [0.5, 0.6) is 0 Å². The van der Waals surface area contributed by atoms with Gasteiger partial charge in [0.05, 0.1) is 16.6 Å². The van der Waals surface area contributed by atoms with Crippen molar-refractivity contribution >= 4 is 76.5 Å². The van der Waals surface area contributed by atoms with E-state index in [2.05, 4.69) is 10.3 Å². The molecule has 0 saturated heterocycles. The molecule has 2 aromatic carbocycles. The number of para-hydroxylation sites is 1. The molecular weight excluding hydrogens is 416 g/mol. The lowest BCUT2D eigenvalue weighted by molar-refractivity contribution is 0.0952. The Morgan fingerprint density at radius 3 is 2.50 bits per heavy atom. The molecule has 1 heterocycles. The normalized spacial score (nSPS) is 10.0. The number of benzene rings is 2. The van der Waals surface area contributed by atoms with E-state index in [1.165, 1.54) is 0 Å². The minimum absolute atomic E-state index is 0. The van der Waals surface area contributed by atoms with Crippen molar-refractivity contribution in [2.75, 3.05) is 27.2 Å². The minimum atomic E-state index is -0.105. The number of aromatic nitrogens is 1. The van der Waals surface area contributed by atoms with Crippen LogP contribution in [0, 0.1) is 0 Å². The number of hydrogen-bond donors (Lipinski definition) is 1. The van der Waals surface area contributed by atoms with Crippen molar-refractivity contribution in [2.45, 2.75) is 0 Å². The molecule has 0 atom stereocenters. The van der Waals surface area contributed by atoms with Gasteiger partial charge in [0.1, 0.15) is 0 Å². The van der Waals surface area contributed by atoms with Gasteiger partial charge in [-0.2, -0.15) is 0 Å². The molecule has 0 aliphatic heterocycles. The first-order valence-electron chi connectivity index (χ1n) is 7.47. The maximum atomic E-state index is 12.4. The van der Waals surface area contributed by atoms with Crippen LogP contribution in [0.1, 0.15) is 10.4 Å². The predicted octanol–water partition coefficient (Wildman–Crippen LogP) is 4.60. The molecule has 0 aliphatic carbocycles. The number of fused-ring (bicyclic) bond motifs is 2. The summed E-state index contributed by atoms with van der Waals surface area (Å²) >= 11 is 6.23. The average Bonchev–Trinajstić information content (AvgIpc) is 2.52. The van der Waals surface area contributed by atoms with Gasteiger partial charge in [-0.1, -0.05) is 29.8 Å². The van der Waals surface area contributed by atoms with Gasteiger partial charge in [-0.15, -0.1) is 37.2 Å². The maximum absolute atomic E-state index is 12.4. The summed E-state index contributed by atoms with van der Waals surface area (Å²) in [6.07, 6.45) is 0. The Morgan fingerprint density at radius 2 is 1.81 bits per heavy atom. The Morgan fingerprint density at radius 1 is 1.12 bits per heavy atom. The van der Waals surface area contributed by atoms with Crippen LogP contribution in [0.3, 0.4) is 0 Å². The standard InChI is InChI=1S/C18H18ClN3O.3ClH/c1-22(2)10-9-20-18(23)13-6-3-5-12-11-14-15(19)7-4-8-16(14)21-17(12)13;;;/h3-8,11H,9-10H2,1-2H3,(H,20,23);3*1H. The highest BCUT2D eigenvalue weighted by atomic mass is 35.5. The average molecular weight is 437 g/mol. The van der Waals surface area contributed by atoms with E-state index in [1.54, 1.807) is 6.07 Å². The Balaban J connectivity index is 0.00000208. The second kappa shape index (κ2) is 10.8. The molecule has 0 unspecified atom stereocenters. The SMILES string of the molecule is CN(C)CCNC(=O)c1cccc2cc3c(Cl)cccc3nc12.Cl.Cl.Cl. The quantitative estimate of drug-likeness (QED) is 0.608. The number of hydrogen-bond acceptors (Lipinski definition) is 3. The first kappa shape index (κ1) is 24.7. The number of halogens is 4. The van der Waals surface area contributed by atoms with Crippen LogP contribution < -0.4 is 5.32 Å². The molecule has 0 bridgehead atoms. The zero-order valence-corrected chi connectivity index (χ0v) is 17.6. The van der Waals surface area contributed by atoms with Gasteiger partial charge in [-0.05, 0) is 38.4 Å². The molecule has 3 aromatic rings. The fourth-order valence-electron chi connectivity index (χ4n) is 2.52. The number of nitrogens with one attached hydrogen (secondary N) is 1. The summed E-state index contributed by atoms with van der Waals surface area (Å²) in [6, 6.07) is 13.2. The number of carbonyl (C=O) groups excluding carboxylic acids is 1. The molecule has 3 rings (SSSR count). The molecule has 1 aromatic heterocycles. The van der Waals surface area contributed by atoms with Gasteiger partial charge in [-0.3, -0.25) is 4.79 Å². The lowest BCUT2D eigenvalue weighted by atomic mass is 10.1. The van der Waals surface area contributed by atoms with E-state index in [9.17, 15) is 4.79 Å². The monoisotopic (exact) mass is 435 g/mol. The number of pyridine rings is 1. The zero-order valence-electron chi connectivity index (χ0n) is 14.4. The Hall–Kier alpha value is -1.30. The fourth-order valence-corrected chi connectivity index (χ4v) is 2.74.